The first-order valence-electron chi connectivity index (χ1n) is 5.90. The summed E-state index contributed by atoms with van der Waals surface area (Å²) in [6, 6.07) is 4.01. The molecule has 3 heteroatoms. The average molecular weight is 222 g/mol. The summed E-state index contributed by atoms with van der Waals surface area (Å²) in [5, 5.41) is 3.30. The highest BCUT2D eigenvalue weighted by atomic mass is 19.1. The smallest absolute Gasteiger partial charge is 0.128 e. The number of hydrogen-bond donors (Lipinski definition) is 1. The van der Waals surface area contributed by atoms with Crippen LogP contribution in [-0.4, -0.2) is 19.1 Å². The zero-order valence-electron chi connectivity index (χ0n) is 10.2. The lowest BCUT2D eigenvalue weighted by atomic mass is 10.1. The Bertz CT molecular complexity index is 388. The topological polar surface area (TPSA) is 15.3 Å². The van der Waals surface area contributed by atoms with E-state index in [9.17, 15) is 4.39 Å². The summed E-state index contributed by atoms with van der Waals surface area (Å²) in [7, 11) is 0. The first-order valence-corrected chi connectivity index (χ1v) is 5.90. The Hall–Kier alpha value is -1.25. The molecule has 0 saturated heterocycles. The Labute approximate surface area is 96.5 Å². The largest absolute Gasteiger partial charge is 0.383 e. The third kappa shape index (κ3) is 1.99. The van der Waals surface area contributed by atoms with Crippen molar-refractivity contribution in [2.24, 2.45) is 0 Å². The van der Waals surface area contributed by atoms with E-state index in [0.717, 1.165) is 30.9 Å². The maximum atomic E-state index is 13.5. The molecule has 0 amide bonds. The molecular formula is C13H19FN2. The van der Waals surface area contributed by atoms with Crippen molar-refractivity contribution in [3.8, 4) is 0 Å². The van der Waals surface area contributed by atoms with Gasteiger partial charge in [-0.1, -0.05) is 0 Å². The van der Waals surface area contributed by atoms with E-state index in [2.05, 4.69) is 24.1 Å². The molecule has 1 aromatic rings. The van der Waals surface area contributed by atoms with Crippen molar-refractivity contribution >= 4 is 11.4 Å². The summed E-state index contributed by atoms with van der Waals surface area (Å²) in [5.41, 5.74) is 2.77. The second kappa shape index (κ2) is 4.32. The summed E-state index contributed by atoms with van der Waals surface area (Å²) in [6.07, 6.45) is 1.09. The number of halogens is 1. The van der Waals surface area contributed by atoms with Gasteiger partial charge in [-0.3, -0.25) is 0 Å². The molecule has 0 saturated carbocycles. The van der Waals surface area contributed by atoms with Gasteiger partial charge in [-0.2, -0.15) is 0 Å². The number of benzene rings is 1. The Balaban J connectivity index is 2.48. The van der Waals surface area contributed by atoms with Crippen LogP contribution in [0.4, 0.5) is 15.8 Å². The minimum atomic E-state index is -0.128. The average Bonchev–Trinajstić information content (AvgIpc) is 2.41. The molecule has 88 valence electrons. The molecule has 0 atom stereocenters. The van der Waals surface area contributed by atoms with Gasteiger partial charge in [0.15, 0.2) is 0 Å². The minimum Gasteiger partial charge on any atom is -0.383 e. The van der Waals surface area contributed by atoms with Crippen molar-refractivity contribution in [2.75, 3.05) is 23.3 Å². The molecule has 0 aromatic heterocycles. The predicted octanol–water partition coefficient (Wildman–Crippen LogP) is 3.16. The van der Waals surface area contributed by atoms with E-state index in [4.69, 9.17) is 0 Å². The Kier molecular flexibility index (Phi) is 3.03. The monoisotopic (exact) mass is 222 g/mol. The Morgan fingerprint density at radius 2 is 2.12 bits per heavy atom. The van der Waals surface area contributed by atoms with Crippen molar-refractivity contribution in [2.45, 2.75) is 33.2 Å². The number of nitrogens with one attached hydrogen (secondary N) is 1. The molecule has 2 nitrogen and oxygen atoms in total. The van der Waals surface area contributed by atoms with Gasteiger partial charge in [0, 0.05) is 19.1 Å². The highest BCUT2D eigenvalue weighted by Crippen LogP contribution is 2.32. The van der Waals surface area contributed by atoms with Crippen LogP contribution < -0.4 is 10.2 Å². The predicted molar refractivity (Wildman–Crippen MR) is 66.7 cm³/mol. The number of anilines is 2. The fraction of sp³-hybridized carbons (Fsp3) is 0.538. The molecule has 1 aliphatic heterocycles. The number of hydrogen-bond acceptors (Lipinski definition) is 2. The standard InChI is InChI=1S/C13H19FN2/c1-9(2)16-6-4-5-15-12-8-11(14)10(3)7-13(12)16/h7-9,15H,4-6H2,1-3H3. The van der Waals surface area contributed by atoms with Gasteiger partial charge in [-0.25, -0.2) is 4.39 Å². The lowest BCUT2D eigenvalue weighted by Gasteiger charge is -2.29. The van der Waals surface area contributed by atoms with Crippen LogP contribution in [0.25, 0.3) is 0 Å². The molecule has 2 rings (SSSR count). The van der Waals surface area contributed by atoms with Crippen molar-refractivity contribution in [3.63, 3.8) is 0 Å². The summed E-state index contributed by atoms with van der Waals surface area (Å²) < 4.78 is 13.5. The minimum absolute atomic E-state index is 0.128. The van der Waals surface area contributed by atoms with Crippen LogP contribution in [0, 0.1) is 12.7 Å². The molecule has 0 spiro atoms. The van der Waals surface area contributed by atoms with Crippen LogP contribution >= 0.6 is 0 Å². The van der Waals surface area contributed by atoms with Gasteiger partial charge in [0.2, 0.25) is 0 Å². The summed E-state index contributed by atoms with van der Waals surface area (Å²) in [6.45, 7) is 8.11. The van der Waals surface area contributed by atoms with Crippen molar-refractivity contribution in [1.82, 2.24) is 0 Å². The lowest BCUT2D eigenvalue weighted by molar-refractivity contribution is 0.618. The number of aryl methyl sites for hydroxylation is 1. The number of rotatable bonds is 1. The summed E-state index contributed by atoms with van der Waals surface area (Å²) >= 11 is 0. The molecule has 16 heavy (non-hydrogen) atoms. The van der Waals surface area contributed by atoms with Crippen LogP contribution in [0.1, 0.15) is 25.8 Å². The first kappa shape index (κ1) is 11.2. The maximum absolute atomic E-state index is 13.5. The SMILES string of the molecule is Cc1cc2c(cc1F)NCCCN2C(C)C. The van der Waals surface area contributed by atoms with Gasteiger partial charge in [-0.15, -0.1) is 0 Å². The van der Waals surface area contributed by atoms with E-state index < -0.39 is 0 Å². The first-order chi connectivity index (χ1) is 7.59. The van der Waals surface area contributed by atoms with Crippen molar-refractivity contribution in [3.05, 3.63) is 23.5 Å². The molecule has 1 aromatic carbocycles. The zero-order chi connectivity index (χ0) is 11.7. The molecule has 0 aliphatic carbocycles. The van der Waals surface area contributed by atoms with E-state index in [0.29, 0.717) is 11.6 Å². The van der Waals surface area contributed by atoms with E-state index in [1.807, 2.05) is 13.0 Å². The van der Waals surface area contributed by atoms with E-state index in [-0.39, 0.29) is 5.82 Å². The van der Waals surface area contributed by atoms with Crippen LogP contribution in [0.15, 0.2) is 12.1 Å². The van der Waals surface area contributed by atoms with Crippen LogP contribution in [0.5, 0.6) is 0 Å². The maximum Gasteiger partial charge on any atom is 0.128 e. The molecule has 0 radical (unpaired) electrons. The summed E-state index contributed by atoms with van der Waals surface area (Å²) in [5.74, 6) is -0.128. The second-order valence-corrected chi connectivity index (χ2v) is 4.69. The fourth-order valence-corrected chi connectivity index (χ4v) is 2.17. The summed E-state index contributed by atoms with van der Waals surface area (Å²) in [4.78, 5) is 2.34. The molecule has 1 aliphatic rings. The molecule has 0 unspecified atom stereocenters. The molecular weight excluding hydrogens is 203 g/mol. The molecule has 1 N–H and O–H groups in total. The van der Waals surface area contributed by atoms with E-state index in [1.54, 1.807) is 6.07 Å². The lowest BCUT2D eigenvalue weighted by Crippen LogP contribution is -2.31. The number of nitrogens with zero attached hydrogens (tertiary/aromatic N) is 1. The third-order valence-electron chi connectivity index (χ3n) is 3.10. The quantitative estimate of drug-likeness (QED) is 0.785. The van der Waals surface area contributed by atoms with Gasteiger partial charge in [0.1, 0.15) is 5.82 Å². The molecule has 1 heterocycles. The van der Waals surface area contributed by atoms with Gasteiger partial charge < -0.3 is 10.2 Å². The zero-order valence-corrected chi connectivity index (χ0v) is 10.2. The van der Waals surface area contributed by atoms with Crippen LogP contribution in [0.2, 0.25) is 0 Å². The van der Waals surface area contributed by atoms with E-state index >= 15 is 0 Å². The van der Waals surface area contributed by atoms with Crippen LogP contribution in [0.3, 0.4) is 0 Å². The van der Waals surface area contributed by atoms with Gasteiger partial charge in [0.05, 0.1) is 11.4 Å². The second-order valence-electron chi connectivity index (χ2n) is 4.69. The number of fused-ring (bicyclic) bond motifs is 1. The van der Waals surface area contributed by atoms with Gasteiger partial charge in [0.25, 0.3) is 0 Å². The Morgan fingerprint density at radius 3 is 2.81 bits per heavy atom. The fourth-order valence-electron chi connectivity index (χ4n) is 2.17. The highest BCUT2D eigenvalue weighted by molar-refractivity contribution is 5.72. The van der Waals surface area contributed by atoms with E-state index in [1.165, 1.54) is 0 Å². The van der Waals surface area contributed by atoms with Crippen LogP contribution in [-0.2, 0) is 0 Å². The van der Waals surface area contributed by atoms with Crippen molar-refractivity contribution in [1.29, 1.82) is 0 Å². The molecule has 0 fully saturated rings. The third-order valence-corrected chi connectivity index (χ3v) is 3.10. The highest BCUT2D eigenvalue weighted by Gasteiger charge is 2.18. The van der Waals surface area contributed by atoms with Crippen molar-refractivity contribution < 1.29 is 4.39 Å². The van der Waals surface area contributed by atoms with Gasteiger partial charge in [-0.05, 0) is 44.9 Å². The normalized spacial score (nSPS) is 15.7. The van der Waals surface area contributed by atoms with Gasteiger partial charge >= 0.3 is 0 Å². The molecule has 0 bridgehead atoms. The Morgan fingerprint density at radius 1 is 1.38 bits per heavy atom.